The molecule has 1 aromatic carbocycles. The van der Waals surface area contributed by atoms with Crippen molar-refractivity contribution in [2.75, 3.05) is 18.1 Å². The summed E-state index contributed by atoms with van der Waals surface area (Å²) in [5.74, 6) is -2.06. The van der Waals surface area contributed by atoms with E-state index in [2.05, 4.69) is 0 Å². The van der Waals surface area contributed by atoms with Gasteiger partial charge in [0.05, 0.1) is 11.5 Å². The lowest BCUT2D eigenvalue weighted by Crippen LogP contribution is -2.16. The third kappa shape index (κ3) is 3.65. The van der Waals surface area contributed by atoms with E-state index in [-0.39, 0.29) is 35.7 Å². The number of hydrogen-bond donors (Lipinski definition) is 0. The van der Waals surface area contributed by atoms with Crippen molar-refractivity contribution in [3.8, 4) is 5.75 Å². The summed E-state index contributed by atoms with van der Waals surface area (Å²) in [6.07, 6.45) is 0.525. The first-order valence-electron chi connectivity index (χ1n) is 8.18. The van der Waals surface area contributed by atoms with Crippen LogP contribution in [0.3, 0.4) is 0 Å². The minimum atomic E-state index is -3.04. The summed E-state index contributed by atoms with van der Waals surface area (Å²) < 4.78 is 56.7. The van der Waals surface area contributed by atoms with Crippen LogP contribution in [0.4, 0.5) is 8.78 Å². The van der Waals surface area contributed by atoms with Gasteiger partial charge in [0.2, 0.25) is 5.78 Å². The molecule has 140 valence electrons. The van der Waals surface area contributed by atoms with Crippen LogP contribution in [0.15, 0.2) is 24.3 Å². The Balaban J connectivity index is 1.76. The number of aryl methyl sites for hydroxylation is 1. The zero-order chi connectivity index (χ0) is 19.1. The van der Waals surface area contributed by atoms with E-state index in [1.54, 1.807) is 13.0 Å². The van der Waals surface area contributed by atoms with E-state index in [1.807, 2.05) is 11.5 Å². The molecule has 0 N–H and O–H groups in total. The van der Waals surface area contributed by atoms with Gasteiger partial charge in [0.15, 0.2) is 28.1 Å². The van der Waals surface area contributed by atoms with Gasteiger partial charge in [0.25, 0.3) is 0 Å². The van der Waals surface area contributed by atoms with E-state index in [9.17, 15) is 22.0 Å². The molecule has 0 saturated carbocycles. The number of nitrogens with zero attached hydrogens (tertiary/aromatic N) is 1. The fourth-order valence-electron chi connectivity index (χ4n) is 3.39. The highest BCUT2D eigenvalue weighted by Gasteiger charge is 2.31. The standard InChI is InChI=1S/C18H19F2NO4S/c1-11-7-15(12(2)21(11)13-5-6-26(23,24)10-13)18(22)9-25-14-3-4-16(19)17(20)8-14/h3-4,7-8,13H,5-6,9-10H2,1-2H3/t13-/m0/s1. The normalized spacial score (nSPS) is 18.8. The van der Waals surface area contributed by atoms with Crippen LogP contribution >= 0.6 is 0 Å². The number of carbonyl (C=O) groups excluding carboxylic acids is 1. The number of Topliss-reactive ketones (excluding diaryl/α,β-unsaturated/α-hetero) is 1. The molecule has 0 amide bonds. The van der Waals surface area contributed by atoms with Crippen molar-refractivity contribution in [1.82, 2.24) is 4.57 Å². The van der Waals surface area contributed by atoms with Crippen molar-refractivity contribution in [3.05, 3.63) is 52.9 Å². The molecule has 2 heterocycles. The van der Waals surface area contributed by atoms with Crippen molar-refractivity contribution >= 4 is 15.6 Å². The molecule has 1 saturated heterocycles. The third-order valence-corrected chi connectivity index (χ3v) is 6.37. The van der Waals surface area contributed by atoms with E-state index in [1.165, 1.54) is 6.07 Å². The van der Waals surface area contributed by atoms with Gasteiger partial charge < -0.3 is 9.30 Å². The molecule has 1 aliphatic rings. The van der Waals surface area contributed by atoms with Gasteiger partial charge in [-0.15, -0.1) is 0 Å². The number of benzene rings is 1. The van der Waals surface area contributed by atoms with Crippen molar-refractivity contribution in [1.29, 1.82) is 0 Å². The lowest BCUT2D eigenvalue weighted by molar-refractivity contribution is 0.0920. The summed E-state index contributed by atoms with van der Waals surface area (Å²) in [7, 11) is -3.04. The number of ketones is 1. The predicted molar refractivity (Wildman–Crippen MR) is 92.4 cm³/mol. The molecule has 8 heteroatoms. The summed E-state index contributed by atoms with van der Waals surface area (Å²) in [5.41, 5.74) is 1.93. The predicted octanol–water partition coefficient (Wildman–Crippen LogP) is 3.00. The van der Waals surface area contributed by atoms with Crippen LogP contribution in [0.2, 0.25) is 0 Å². The zero-order valence-electron chi connectivity index (χ0n) is 14.5. The van der Waals surface area contributed by atoms with Crippen molar-refractivity contribution in [2.24, 2.45) is 0 Å². The minimum Gasteiger partial charge on any atom is -0.485 e. The lowest BCUT2D eigenvalue weighted by atomic mass is 10.1. The SMILES string of the molecule is Cc1cc(C(=O)COc2ccc(F)c(F)c2)c(C)n1[C@H]1CCS(=O)(=O)C1. The number of ether oxygens (including phenoxy) is 1. The van der Waals surface area contributed by atoms with Gasteiger partial charge in [-0.3, -0.25) is 4.79 Å². The number of sulfone groups is 1. The minimum absolute atomic E-state index is 0.0629. The molecular formula is C18H19F2NO4S. The third-order valence-electron chi connectivity index (χ3n) is 4.62. The first-order chi connectivity index (χ1) is 12.2. The topological polar surface area (TPSA) is 65.4 Å². The highest BCUT2D eigenvalue weighted by Crippen LogP contribution is 2.29. The summed E-state index contributed by atoms with van der Waals surface area (Å²) in [5, 5.41) is 0. The van der Waals surface area contributed by atoms with Gasteiger partial charge in [-0.2, -0.15) is 0 Å². The molecule has 1 aromatic heterocycles. The van der Waals surface area contributed by atoms with Crippen molar-refractivity contribution in [2.45, 2.75) is 26.3 Å². The van der Waals surface area contributed by atoms with Crippen LogP contribution in [0.5, 0.6) is 5.75 Å². The average molecular weight is 383 g/mol. The second-order valence-electron chi connectivity index (χ2n) is 6.50. The summed E-state index contributed by atoms with van der Waals surface area (Å²) in [4.78, 5) is 12.5. The molecule has 5 nitrogen and oxygen atoms in total. The Morgan fingerprint density at radius 1 is 1.23 bits per heavy atom. The van der Waals surface area contributed by atoms with Crippen molar-refractivity contribution < 1.29 is 26.7 Å². The maximum atomic E-state index is 13.2. The molecule has 26 heavy (non-hydrogen) atoms. The molecule has 0 bridgehead atoms. The fourth-order valence-corrected chi connectivity index (χ4v) is 5.09. The van der Waals surface area contributed by atoms with Gasteiger partial charge >= 0.3 is 0 Å². The molecule has 3 rings (SSSR count). The van der Waals surface area contributed by atoms with Gasteiger partial charge in [0.1, 0.15) is 5.75 Å². The molecule has 0 radical (unpaired) electrons. The fraction of sp³-hybridized carbons (Fsp3) is 0.389. The second kappa shape index (κ2) is 6.83. The second-order valence-corrected chi connectivity index (χ2v) is 8.73. The molecule has 0 aliphatic carbocycles. The molecular weight excluding hydrogens is 364 g/mol. The van der Waals surface area contributed by atoms with E-state index in [0.29, 0.717) is 17.7 Å². The quantitative estimate of drug-likeness (QED) is 0.745. The van der Waals surface area contributed by atoms with Crippen LogP contribution in [-0.4, -0.2) is 36.9 Å². The maximum absolute atomic E-state index is 13.2. The van der Waals surface area contributed by atoms with Crippen LogP contribution in [0, 0.1) is 25.5 Å². The van der Waals surface area contributed by atoms with Gasteiger partial charge in [-0.05, 0) is 38.5 Å². The van der Waals surface area contributed by atoms with E-state index in [4.69, 9.17) is 4.74 Å². The van der Waals surface area contributed by atoms with Gasteiger partial charge in [-0.25, -0.2) is 17.2 Å². The number of rotatable bonds is 5. The summed E-state index contributed by atoms with van der Waals surface area (Å²) in [6, 6.07) is 4.60. The Labute approximate surface area is 150 Å². The number of halogens is 2. The maximum Gasteiger partial charge on any atom is 0.202 e. The molecule has 1 fully saturated rings. The first kappa shape index (κ1) is 18.6. The Hall–Kier alpha value is -2.22. The van der Waals surface area contributed by atoms with Crippen molar-refractivity contribution in [3.63, 3.8) is 0 Å². The highest BCUT2D eigenvalue weighted by atomic mass is 32.2. The highest BCUT2D eigenvalue weighted by molar-refractivity contribution is 7.91. The van der Waals surface area contributed by atoms with Gasteiger partial charge in [-0.1, -0.05) is 0 Å². The number of hydrogen-bond acceptors (Lipinski definition) is 4. The molecule has 1 atom stereocenters. The molecule has 0 spiro atoms. The average Bonchev–Trinajstić information content (AvgIpc) is 3.07. The largest absolute Gasteiger partial charge is 0.485 e. The first-order valence-corrected chi connectivity index (χ1v) is 10.00. The van der Waals surface area contributed by atoms with Crippen LogP contribution in [-0.2, 0) is 9.84 Å². The molecule has 0 unspecified atom stereocenters. The lowest BCUT2D eigenvalue weighted by Gasteiger charge is -2.16. The van der Waals surface area contributed by atoms with Crippen LogP contribution < -0.4 is 4.74 Å². The summed E-state index contributed by atoms with van der Waals surface area (Å²) >= 11 is 0. The Morgan fingerprint density at radius 3 is 2.58 bits per heavy atom. The smallest absolute Gasteiger partial charge is 0.202 e. The van der Waals surface area contributed by atoms with E-state index >= 15 is 0 Å². The Kier molecular flexibility index (Phi) is 4.88. The number of carbonyl (C=O) groups is 1. The Bertz CT molecular complexity index is 966. The van der Waals surface area contributed by atoms with E-state index < -0.39 is 21.5 Å². The summed E-state index contributed by atoms with van der Waals surface area (Å²) in [6.45, 7) is 3.27. The zero-order valence-corrected chi connectivity index (χ0v) is 15.3. The molecule has 2 aromatic rings. The van der Waals surface area contributed by atoms with E-state index in [0.717, 1.165) is 17.8 Å². The Morgan fingerprint density at radius 2 is 1.96 bits per heavy atom. The van der Waals surface area contributed by atoms with Crippen LogP contribution in [0.1, 0.15) is 34.2 Å². The molecule has 1 aliphatic heterocycles. The van der Waals surface area contributed by atoms with Crippen LogP contribution in [0.25, 0.3) is 0 Å². The number of aromatic nitrogens is 1. The van der Waals surface area contributed by atoms with Gasteiger partial charge in [0, 0.05) is 29.1 Å². The monoisotopic (exact) mass is 383 g/mol.